The normalized spacial score (nSPS) is 19.3. The molecular formula is C13H12F2O4. The van der Waals surface area contributed by atoms with Gasteiger partial charge in [-0.25, -0.2) is 8.78 Å². The quantitative estimate of drug-likeness (QED) is 0.917. The maximum atomic E-state index is 12.9. The first-order chi connectivity index (χ1) is 9.04. The zero-order valence-electron chi connectivity index (χ0n) is 9.99. The second kappa shape index (κ2) is 4.08. The molecule has 1 aromatic rings. The number of alkyl halides is 2. The molecule has 1 saturated carbocycles. The maximum Gasteiger partial charge on any atom is 0.314 e. The van der Waals surface area contributed by atoms with Gasteiger partial charge in [0.05, 0.1) is 5.41 Å². The Bertz CT molecular complexity index is 538. The van der Waals surface area contributed by atoms with Gasteiger partial charge in [0.15, 0.2) is 11.5 Å². The van der Waals surface area contributed by atoms with Crippen molar-refractivity contribution in [3.05, 3.63) is 23.3 Å². The summed E-state index contributed by atoms with van der Waals surface area (Å²) in [6, 6.07) is 2.45. The van der Waals surface area contributed by atoms with Crippen LogP contribution >= 0.6 is 0 Å². The summed E-state index contributed by atoms with van der Waals surface area (Å²) in [4.78, 5) is 11.5. The second-order valence-corrected chi connectivity index (χ2v) is 4.84. The van der Waals surface area contributed by atoms with Crippen molar-refractivity contribution < 1.29 is 28.2 Å². The number of benzene rings is 1. The number of carboxylic acids is 1. The van der Waals surface area contributed by atoms with E-state index in [9.17, 15) is 18.7 Å². The molecule has 0 radical (unpaired) electrons. The van der Waals surface area contributed by atoms with Gasteiger partial charge in [0, 0.05) is 11.1 Å². The molecule has 1 heterocycles. The van der Waals surface area contributed by atoms with E-state index in [1.807, 2.05) is 0 Å². The van der Waals surface area contributed by atoms with E-state index >= 15 is 0 Å². The Hall–Kier alpha value is -1.85. The van der Waals surface area contributed by atoms with E-state index in [0.717, 1.165) is 6.42 Å². The first-order valence-corrected chi connectivity index (χ1v) is 6.00. The Balaban J connectivity index is 2.17. The first-order valence-electron chi connectivity index (χ1n) is 6.00. The number of aliphatic carboxylic acids is 1. The highest BCUT2D eigenvalue weighted by atomic mass is 19.3. The minimum atomic E-state index is -2.67. The number of carbonyl (C=O) groups is 1. The molecule has 0 aromatic heterocycles. The van der Waals surface area contributed by atoms with Crippen LogP contribution in [0.4, 0.5) is 8.78 Å². The standard InChI is InChI=1S/C13H12F2O4/c14-11(15)7-4-8(10-9(5-7)18-6-19-10)13(12(16)17)2-1-3-13/h4-5,11H,1-3,6H2,(H,16,17). The number of carboxylic acid groups (broad SMARTS) is 1. The summed E-state index contributed by atoms with van der Waals surface area (Å²) in [7, 11) is 0. The van der Waals surface area contributed by atoms with Gasteiger partial charge in [-0.3, -0.25) is 4.79 Å². The van der Waals surface area contributed by atoms with Gasteiger partial charge < -0.3 is 14.6 Å². The van der Waals surface area contributed by atoms with Crippen molar-refractivity contribution in [2.75, 3.05) is 6.79 Å². The number of ether oxygens (including phenoxy) is 2. The highest BCUT2D eigenvalue weighted by Crippen LogP contribution is 2.52. The van der Waals surface area contributed by atoms with Gasteiger partial charge >= 0.3 is 5.97 Å². The van der Waals surface area contributed by atoms with E-state index in [1.54, 1.807) is 0 Å². The minimum absolute atomic E-state index is 0.0648. The van der Waals surface area contributed by atoms with E-state index in [2.05, 4.69) is 0 Å². The lowest BCUT2D eigenvalue weighted by Crippen LogP contribution is -2.42. The first kappa shape index (κ1) is 12.2. The van der Waals surface area contributed by atoms with Gasteiger partial charge in [0.1, 0.15) is 0 Å². The van der Waals surface area contributed by atoms with E-state index < -0.39 is 17.8 Å². The van der Waals surface area contributed by atoms with Crippen molar-refractivity contribution in [3.63, 3.8) is 0 Å². The van der Waals surface area contributed by atoms with Gasteiger partial charge in [-0.2, -0.15) is 0 Å². The summed E-state index contributed by atoms with van der Waals surface area (Å²) in [5.74, 6) is -0.491. The smallest absolute Gasteiger partial charge is 0.314 e. The molecule has 4 nitrogen and oxygen atoms in total. The molecule has 0 amide bonds. The van der Waals surface area contributed by atoms with Gasteiger partial charge in [-0.1, -0.05) is 6.42 Å². The number of hydrogen-bond donors (Lipinski definition) is 1. The Kier molecular flexibility index (Phi) is 2.62. The molecule has 19 heavy (non-hydrogen) atoms. The van der Waals surface area contributed by atoms with Crippen molar-refractivity contribution >= 4 is 5.97 Å². The Morgan fingerprint density at radius 1 is 1.32 bits per heavy atom. The van der Waals surface area contributed by atoms with Crippen LogP contribution in [0, 0.1) is 0 Å². The molecule has 3 rings (SSSR count). The van der Waals surface area contributed by atoms with Crippen LogP contribution in [0.2, 0.25) is 0 Å². The van der Waals surface area contributed by atoms with Crippen LogP contribution in [0.15, 0.2) is 12.1 Å². The van der Waals surface area contributed by atoms with Crippen LogP contribution in [-0.4, -0.2) is 17.9 Å². The molecule has 0 bridgehead atoms. The Labute approximate surface area is 107 Å². The van der Waals surface area contributed by atoms with Gasteiger partial charge in [-0.05, 0) is 25.0 Å². The molecule has 2 aliphatic rings. The third kappa shape index (κ3) is 1.66. The summed E-state index contributed by atoms with van der Waals surface area (Å²) in [5.41, 5.74) is -1.02. The zero-order chi connectivity index (χ0) is 13.6. The number of hydrogen-bond acceptors (Lipinski definition) is 3. The highest BCUT2D eigenvalue weighted by Gasteiger charge is 2.49. The molecule has 0 unspecified atom stereocenters. The number of fused-ring (bicyclic) bond motifs is 1. The van der Waals surface area contributed by atoms with Gasteiger partial charge in [-0.15, -0.1) is 0 Å². The molecule has 0 atom stereocenters. The van der Waals surface area contributed by atoms with Crippen LogP contribution in [-0.2, 0) is 10.2 Å². The summed E-state index contributed by atoms with van der Waals surface area (Å²) in [6.45, 7) is -0.0648. The van der Waals surface area contributed by atoms with Crippen LogP contribution in [0.3, 0.4) is 0 Å². The topological polar surface area (TPSA) is 55.8 Å². The van der Waals surface area contributed by atoms with E-state index in [1.165, 1.54) is 12.1 Å². The molecular weight excluding hydrogens is 258 g/mol. The Morgan fingerprint density at radius 3 is 2.58 bits per heavy atom. The van der Waals surface area contributed by atoms with E-state index in [-0.39, 0.29) is 18.1 Å². The van der Waals surface area contributed by atoms with Crippen molar-refractivity contribution in [2.24, 2.45) is 0 Å². The average Bonchev–Trinajstić information content (AvgIpc) is 2.74. The second-order valence-electron chi connectivity index (χ2n) is 4.84. The summed E-state index contributed by atoms with van der Waals surface area (Å²) >= 11 is 0. The van der Waals surface area contributed by atoms with Crippen molar-refractivity contribution in [2.45, 2.75) is 31.1 Å². The fourth-order valence-electron chi connectivity index (χ4n) is 2.64. The number of rotatable bonds is 3. The summed E-state index contributed by atoms with van der Waals surface area (Å²) in [6.07, 6.45) is -1.03. The molecule has 102 valence electrons. The molecule has 6 heteroatoms. The molecule has 0 spiro atoms. The van der Waals surface area contributed by atoms with Crippen LogP contribution in [0.1, 0.15) is 36.8 Å². The minimum Gasteiger partial charge on any atom is -0.481 e. The molecule has 1 aliphatic heterocycles. The lowest BCUT2D eigenvalue weighted by atomic mass is 9.64. The Morgan fingerprint density at radius 2 is 2.05 bits per heavy atom. The summed E-state index contributed by atoms with van der Waals surface area (Å²) < 4.78 is 36.2. The van der Waals surface area contributed by atoms with Crippen LogP contribution in [0.25, 0.3) is 0 Å². The fourth-order valence-corrected chi connectivity index (χ4v) is 2.64. The molecule has 1 N–H and O–H groups in total. The molecule has 1 aromatic carbocycles. The molecule has 1 fully saturated rings. The van der Waals surface area contributed by atoms with Crippen LogP contribution < -0.4 is 9.47 Å². The monoisotopic (exact) mass is 270 g/mol. The molecule has 1 aliphatic carbocycles. The predicted octanol–water partition coefficient (Wildman–Crippen LogP) is 2.86. The maximum absolute atomic E-state index is 12.9. The van der Waals surface area contributed by atoms with E-state index in [4.69, 9.17) is 9.47 Å². The largest absolute Gasteiger partial charge is 0.481 e. The zero-order valence-corrected chi connectivity index (χ0v) is 9.99. The fraction of sp³-hybridized carbons (Fsp3) is 0.462. The van der Waals surface area contributed by atoms with Crippen molar-refractivity contribution in [3.8, 4) is 11.5 Å². The lowest BCUT2D eigenvalue weighted by molar-refractivity contribution is -0.147. The predicted molar refractivity (Wildman–Crippen MR) is 60.7 cm³/mol. The SMILES string of the molecule is O=C(O)C1(c2cc(C(F)F)cc3c2OCO3)CCC1. The van der Waals surface area contributed by atoms with Gasteiger partial charge in [0.25, 0.3) is 6.43 Å². The molecule has 0 saturated heterocycles. The van der Waals surface area contributed by atoms with Crippen molar-refractivity contribution in [1.82, 2.24) is 0 Å². The highest BCUT2D eigenvalue weighted by molar-refractivity contribution is 5.84. The number of halogens is 2. The van der Waals surface area contributed by atoms with Gasteiger partial charge in [0.2, 0.25) is 6.79 Å². The lowest BCUT2D eigenvalue weighted by Gasteiger charge is -2.38. The van der Waals surface area contributed by atoms with Crippen LogP contribution in [0.5, 0.6) is 11.5 Å². The summed E-state index contributed by atoms with van der Waals surface area (Å²) in [5, 5.41) is 9.41. The third-order valence-corrected chi connectivity index (χ3v) is 3.88. The van der Waals surface area contributed by atoms with Crippen molar-refractivity contribution in [1.29, 1.82) is 0 Å². The third-order valence-electron chi connectivity index (χ3n) is 3.88. The van der Waals surface area contributed by atoms with E-state index in [0.29, 0.717) is 24.2 Å². The average molecular weight is 270 g/mol.